The molecule has 4 aromatic rings. The van der Waals surface area contributed by atoms with Crippen molar-refractivity contribution in [1.29, 1.82) is 0 Å². The lowest BCUT2D eigenvalue weighted by Crippen LogP contribution is -2.23. The van der Waals surface area contributed by atoms with E-state index in [1.807, 2.05) is 60.7 Å². The van der Waals surface area contributed by atoms with E-state index in [1.165, 1.54) is 0 Å². The van der Waals surface area contributed by atoms with Gasteiger partial charge in [-0.1, -0.05) is 36.4 Å². The van der Waals surface area contributed by atoms with Crippen molar-refractivity contribution in [2.45, 2.75) is 19.4 Å². The van der Waals surface area contributed by atoms with E-state index in [2.05, 4.69) is 22.4 Å². The predicted octanol–water partition coefficient (Wildman–Crippen LogP) is 5.10. The minimum absolute atomic E-state index is 0.0110. The lowest BCUT2D eigenvalue weighted by Gasteiger charge is -2.10. The Morgan fingerprint density at radius 3 is 2.42 bits per heavy atom. The third-order valence-corrected chi connectivity index (χ3v) is 5.46. The predicted molar refractivity (Wildman–Crippen MR) is 123 cm³/mol. The van der Waals surface area contributed by atoms with Crippen molar-refractivity contribution < 1.29 is 14.3 Å². The highest BCUT2D eigenvalue weighted by molar-refractivity contribution is 5.91. The number of methoxy groups -OCH3 is 2. The number of hydrogen-bond acceptors (Lipinski definition) is 3. The Kier molecular flexibility index (Phi) is 6.22. The number of carbonyl (C=O) groups is 1. The molecule has 5 nitrogen and oxygen atoms in total. The lowest BCUT2D eigenvalue weighted by molar-refractivity contribution is -0.121. The van der Waals surface area contributed by atoms with Gasteiger partial charge in [0.2, 0.25) is 5.91 Å². The summed E-state index contributed by atoms with van der Waals surface area (Å²) in [5.74, 6) is 1.61. The highest BCUT2D eigenvalue weighted by atomic mass is 16.5. The molecule has 158 valence electrons. The summed E-state index contributed by atoms with van der Waals surface area (Å²) >= 11 is 0. The summed E-state index contributed by atoms with van der Waals surface area (Å²) in [6.45, 7) is 0.446. The van der Waals surface area contributed by atoms with E-state index in [-0.39, 0.29) is 5.91 Å². The quantitative estimate of drug-likeness (QED) is 0.422. The number of para-hydroxylation sites is 2. The van der Waals surface area contributed by atoms with E-state index in [9.17, 15) is 4.79 Å². The van der Waals surface area contributed by atoms with Crippen LogP contribution in [-0.2, 0) is 17.8 Å². The zero-order valence-corrected chi connectivity index (χ0v) is 17.8. The summed E-state index contributed by atoms with van der Waals surface area (Å²) in [5.41, 5.74) is 5.29. The Balaban J connectivity index is 1.51. The van der Waals surface area contributed by atoms with Gasteiger partial charge >= 0.3 is 0 Å². The minimum atomic E-state index is 0.0110. The molecule has 0 aliphatic carbocycles. The molecule has 0 saturated heterocycles. The number of hydrogen-bond donors (Lipinski definition) is 2. The van der Waals surface area contributed by atoms with Crippen molar-refractivity contribution in [1.82, 2.24) is 10.3 Å². The number of benzene rings is 3. The van der Waals surface area contributed by atoms with Gasteiger partial charge in [0.1, 0.15) is 11.5 Å². The molecule has 0 unspecified atom stereocenters. The smallest absolute Gasteiger partial charge is 0.220 e. The van der Waals surface area contributed by atoms with Crippen molar-refractivity contribution in [3.8, 4) is 22.8 Å². The maximum atomic E-state index is 12.6. The van der Waals surface area contributed by atoms with Crippen LogP contribution < -0.4 is 14.8 Å². The van der Waals surface area contributed by atoms with Gasteiger partial charge in [0.25, 0.3) is 0 Å². The standard InChI is InChI=1S/C26H26N2O3/c1-30-20-13-11-18(12-14-20)26-22(21-8-4-5-9-23(21)28-26)15-16-25(29)27-17-19-7-3-6-10-24(19)31-2/h3-14,28H,15-17H2,1-2H3,(H,27,29). The number of nitrogens with one attached hydrogen (secondary N) is 2. The summed E-state index contributed by atoms with van der Waals surface area (Å²) in [4.78, 5) is 16.1. The SMILES string of the molecule is COc1ccc(-c2[nH]c3ccccc3c2CCC(=O)NCc2ccccc2OC)cc1. The second-order valence-corrected chi connectivity index (χ2v) is 7.34. The third kappa shape index (κ3) is 4.56. The van der Waals surface area contributed by atoms with E-state index >= 15 is 0 Å². The molecule has 0 spiro atoms. The second kappa shape index (κ2) is 9.39. The fraction of sp³-hybridized carbons (Fsp3) is 0.192. The molecule has 0 aliphatic heterocycles. The molecule has 0 fully saturated rings. The first-order valence-electron chi connectivity index (χ1n) is 10.3. The van der Waals surface area contributed by atoms with Gasteiger partial charge in [0.15, 0.2) is 0 Å². The zero-order chi connectivity index (χ0) is 21.6. The van der Waals surface area contributed by atoms with Gasteiger partial charge in [-0.15, -0.1) is 0 Å². The molecule has 31 heavy (non-hydrogen) atoms. The molecule has 0 bridgehead atoms. The van der Waals surface area contributed by atoms with Crippen molar-refractivity contribution in [2.75, 3.05) is 14.2 Å². The Morgan fingerprint density at radius 2 is 1.65 bits per heavy atom. The van der Waals surface area contributed by atoms with Crippen molar-refractivity contribution in [2.24, 2.45) is 0 Å². The largest absolute Gasteiger partial charge is 0.497 e. The first-order valence-corrected chi connectivity index (χ1v) is 10.3. The number of H-pyrrole nitrogens is 1. The summed E-state index contributed by atoms with van der Waals surface area (Å²) in [6.07, 6.45) is 1.04. The molecule has 0 radical (unpaired) electrons. The van der Waals surface area contributed by atoms with E-state index in [0.29, 0.717) is 19.4 Å². The van der Waals surface area contributed by atoms with Crippen molar-refractivity contribution in [3.05, 3.63) is 83.9 Å². The van der Waals surface area contributed by atoms with Crippen LogP contribution in [0.3, 0.4) is 0 Å². The molecule has 4 rings (SSSR count). The molecule has 3 aromatic carbocycles. The van der Waals surface area contributed by atoms with Gasteiger partial charge in [-0.2, -0.15) is 0 Å². The fourth-order valence-corrected chi connectivity index (χ4v) is 3.83. The molecule has 0 saturated carbocycles. The van der Waals surface area contributed by atoms with Gasteiger partial charge < -0.3 is 19.8 Å². The number of amides is 1. The van der Waals surface area contributed by atoms with E-state index in [1.54, 1.807) is 14.2 Å². The number of carbonyl (C=O) groups excluding carboxylic acids is 1. The topological polar surface area (TPSA) is 63.4 Å². The van der Waals surface area contributed by atoms with Crippen LogP contribution >= 0.6 is 0 Å². The fourth-order valence-electron chi connectivity index (χ4n) is 3.83. The third-order valence-electron chi connectivity index (χ3n) is 5.46. The Morgan fingerprint density at radius 1 is 0.903 bits per heavy atom. The molecule has 1 aromatic heterocycles. The normalized spacial score (nSPS) is 10.8. The number of rotatable bonds is 8. The maximum Gasteiger partial charge on any atom is 0.220 e. The molecule has 0 atom stereocenters. The number of aromatic nitrogens is 1. The molecule has 0 aliphatic rings. The van der Waals surface area contributed by atoms with Crippen LogP contribution in [0.1, 0.15) is 17.5 Å². The number of ether oxygens (including phenoxy) is 2. The minimum Gasteiger partial charge on any atom is -0.497 e. The van der Waals surface area contributed by atoms with Gasteiger partial charge in [-0.05, 0) is 53.9 Å². The molecule has 5 heteroatoms. The molecule has 2 N–H and O–H groups in total. The van der Waals surface area contributed by atoms with Crippen LogP contribution in [0, 0.1) is 0 Å². The van der Waals surface area contributed by atoms with Crippen LogP contribution in [0.2, 0.25) is 0 Å². The highest BCUT2D eigenvalue weighted by Crippen LogP contribution is 2.32. The number of fused-ring (bicyclic) bond motifs is 1. The lowest BCUT2D eigenvalue weighted by atomic mass is 10.0. The van der Waals surface area contributed by atoms with Gasteiger partial charge in [-0.3, -0.25) is 4.79 Å². The second-order valence-electron chi connectivity index (χ2n) is 7.34. The molecular formula is C26H26N2O3. The average molecular weight is 415 g/mol. The van der Waals surface area contributed by atoms with E-state index in [0.717, 1.165) is 44.8 Å². The van der Waals surface area contributed by atoms with Crippen LogP contribution in [0.5, 0.6) is 11.5 Å². The van der Waals surface area contributed by atoms with Crippen LogP contribution in [0.4, 0.5) is 0 Å². The number of aromatic amines is 1. The van der Waals surface area contributed by atoms with E-state index in [4.69, 9.17) is 9.47 Å². The number of aryl methyl sites for hydroxylation is 1. The molecule has 1 amide bonds. The Bertz CT molecular complexity index is 1180. The molecular weight excluding hydrogens is 388 g/mol. The van der Waals surface area contributed by atoms with E-state index < -0.39 is 0 Å². The van der Waals surface area contributed by atoms with Crippen molar-refractivity contribution >= 4 is 16.8 Å². The van der Waals surface area contributed by atoms with Gasteiger partial charge in [-0.25, -0.2) is 0 Å². The summed E-state index contributed by atoms with van der Waals surface area (Å²) in [5, 5.41) is 4.16. The molecule has 1 heterocycles. The van der Waals surface area contributed by atoms with Gasteiger partial charge in [0.05, 0.1) is 14.2 Å². The van der Waals surface area contributed by atoms with Crippen LogP contribution in [0.15, 0.2) is 72.8 Å². The monoisotopic (exact) mass is 414 g/mol. The highest BCUT2D eigenvalue weighted by Gasteiger charge is 2.15. The Labute approximate surface area is 182 Å². The van der Waals surface area contributed by atoms with Gasteiger partial charge in [0, 0.05) is 35.1 Å². The summed E-state index contributed by atoms with van der Waals surface area (Å²) in [6, 6.07) is 23.9. The van der Waals surface area contributed by atoms with Crippen LogP contribution in [-0.4, -0.2) is 25.1 Å². The summed E-state index contributed by atoms with van der Waals surface area (Å²) in [7, 11) is 3.30. The van der Waals surface area contributed by atoms with Crippen molar-refractivity contribution in [3.63, 3.8) is 0 Å². The Hall–Kier alpha value is -3.73. The maximum absolute atomic E-state index is 12.6. The van der Waals surface area contributed by atoms with Crippen LogP contribution in [0.25, 0.3) is 22.2 Å². The first kappa shape index (κ1) is 20.5. The summed E-state index contributed by atoms with van der Waals surface area (Å²) < 4.78 is 10.6. The zero-order valence-electron chi connectivity index (χ0n) is 17.8. The first-order chi connectivity index (χ1) is 15.2. The average Bonchev–Trinajstić information content (AvgIpc) is 3.20.